The maximum atomic E-state index is 14.3. The number of hydrogen-bond acceptors (Lipinski definition) is 4. The number of aryl methyl sites for hydroxylation is 1. The van der Waals surface area contributed by atoms with Crippen LogP contribution in [-0.2, 0) is 11.3 Å². The molecule has 38 heavy (non-hydrogen) atoms. The summed E-state index contributed by atoms with van der Waals surface area (Å²) in [7, 11) is 0. The standard InChI is InChI=1S/C31H29FN2O3S/c1-20(2)24-13-12-21(3)16-28(24)37-15-14-34-30(35)29(38-31(34)36)17-23-19-33(27-11-7-5-9-25(23)27)18-22-8-4-6-10-26(22)32/h4-13,16-17,19-20H,14-15,18H2,1-3H3/b29-17-. The van der Waals surface area contributed by atoms with Gasteiger partial charge < -0.3 is 9.30 Å². The van der Waals surface area contributed by atoms with Gasteiger partial charge in [0.05, 0.1) is 18.0 Å². The first kappa shape index (κ1) is 25.8. The molecule has 1 aliphatic rings. The Morgan fingerprint density at radius 1 is 1.03 bits per heavy atom. The average Bonchev–Trinajstić information content (AvgIpc) is 3.37. The Labute approximate surface area is 225 Å². The fourth-order valence-electron chi connectivity index (χ4n) is 4.66. The van der Waals surface area contributed by atoms with E-state index in [4.69, 9.17) is 4.74 Å². The minimum Gasteiger partial charge on any atom is -0.491 e. The van der Waals surface area contributed by atoms with Crippen LogP contribution >= 0.6 is 11.8 Å². The van der Waals surface area contributed by atoms with E-state index in [0.717, 1.165) is 45.1 Å². The van der Waals surface area contributed by atoms with E-state index in [2.05, 4.69) is 26.0 Å². The number of hydrogen-bond donors (Lipinski definition) is 0. The van der Waals surface area contributed by atoms with Crippen LogP contribution in [0.25, 0.3) is 17.0 Å². The molecule has 7 heteroatoms. The quantitative estimate of drug-likeness (QED) is 0.224. The molecule has 0 spiro atoms. The summed E-state index contributed by atoms with van der Waals surface area (Å²) >= 11 is 0.931. The van der Waals surface area contributed by atoms with Crippen molar-refractivity contribution >= 4 is 39.9 Å². The summed E-state index contributed by atoms with van der Waals surface area (Å²) in [5.74, 6) is 0.487. The molecule has 1 aliphatic heterocycles. The van der Waals surface area contributed by atoms with Crippen molar-refractivity contribution in [1.82, 2.24) is 9.47 Å². The van der Waals surface area contributed by atoms with E-state index in [1.165, 1.54) is 11.0 Å². The van der Waals surface area contributed by atoms with E-state index >= 15 is 0 Å². The fraction of sp³-hybridized carbons (Fsp3) is 0.226. The molecule has 0 unspecified atom stereocenters. The second-order valence-electron chi connectivity index (χ2n) is 9.70. The zero-order valence-corrected chi connectivity index (χ0v) is 22.4. The SMILES string of the molecule is Cc1ccc(C(C)C)c(OCCN2C(=O)S/C(=C\c3cn(Cc4ccccc4F)c4ccccc34)C2=O)c1. The summed E-state index contributed by atoms with van der Waals surface area (Å²) in [6.45, 7) is 6.96. The zero-order chi connectivity index (χ0) is 26.8. The summed E-state index contributed by atoms with van der Waals surface area (Å²) in [5, 5.41) is 0.618. The van der Waals surface area contributed by atoms with Crippen molar-refractivity contribution in [2.45, 2.75) is 33.2 Å². The van der Waals surface area contributed by atoms with E-state index in [-0.39, 0.29) is 30.1 Å². The van der Waals surface area contributed by atoms with Gasteiger partial charge in [-0.25, -0.2) is 4.39 Å². The van der Waals surface area contributed by atoms with Gasteiger partial charge in [-0.2, -0.15) is 0 Å². The third-order valence-corrected chi connectivity index (χ3v) is 7.55. The molecule has 0 atom stereocenters. The highest BCUT2D eigenvalue weighted by atomic mass is 32.2. The van der Waals surface area contributed by atoms with Gasteiger partial charge >= 0.3 is 0 Å². The van der Waals surface area contributed by atoms with Gasteiger partial charge in [-0.15, -0.1) is 0 Å². The Bertz CT molecular complexity index is 1560. The van der Waals surface area contributed by atoms with Crippen LogP contribution in [-0.4, -0.2) is 33.8 Å². The number of rotatable bonds is 8. The number of nitrogens with zero attached hydrogens (tertiary/aromatic N) is 2. The molecule has 1 saturated heterocycles. The van der Waals surface area contributed by atoms with Crippen LogP contribution in [0.4, 0.5) is 9.18 Å². The third kappa shape index (κ3) is 5.24. The lowest BCUT2D eigenvalue weighted by atomic mass is 10.0. The van der Waals surface area contributed by atoms with Crippen LogP contribution in [0.5, 0.6) is 5.75 Å². The highest BCUT2D eigenvalue weighted by molar-refractivity contribution is 8.18. The first-order valence-corrected chi connectivity index (χ1v) is 13.4. The molecule has 3 aromatic carbocycles. The molecule has 0 bridgehead atoms. The van der Waals surface area contributed by atoms with Crippen LogP contribution in [0, 0.1) is 12.7 Å². The van der Waals surface area contributed by atoms with E-state index in [1.54, 1.807) is 18.2 Å². The van der Waals surface area contributed by atoms with Crippen LogP contribution in [0.1, 0.15) is 42.0 Å². The smallest absolute Gasteiger partial charge is 0.293 e. The molecule has 2 amide bonds. The molecular formula is C31H29FN2O3S. The van der Waals surface area contributed by atoms with Gasteiger partial charge in [0.25, 0.3) is 11.1 Å². The maximum Gasteiger partial charge on any atom is 0.293 e. The van der Waals surface area contributed by atoms with Crippen molar-refractivity contribution in [2.75, 3.05) is 13.2 Å². The Hall–Kier alpha value is -3.84. The van der Waals surface area contributed by atoms with Crippen molar-refractivity contribution in [2.24, 2.45) is 0 Å². The van der Waals surface area contributed by atoms with Gasteiger partial charge in [-0.3, -0.25) is 14.5 Å². The minimum atomic E-state index is -0.331. The number of imide groups is 1. The minimum absolute atomic E-state index is 0.169. The summed E-state index contributed by atoms with van der Waals surface area (Å²) < 4.78 is 22.3. The highest BCUT2D eigenvalue weighted by Gasteiger charge is 2.35. The van der Waals surface area contributed by atoms with Crippen LogP contribution < -0.4 is 4.74 Å². The monoisotopic (exact) mass is 528 g/mol. The number of benzene rings is 3. The number of ether oxygens (including phenoxy) is 1. The number of halogens is 1. The fourth-order valence-corrected chi connectivity index (χ4v) is 5.51. The third-order valence-electron chi connectivity index (χ3n) is 6.64. The van der Waals surface area contributed by atoms with Gasteiger partial charge in [-0.1, -0.05) is 62.4 Å². The molecule has 0 radical (unpaired) electrons. The molecule has 4 aromatic rings. The lowest BCUT2D eigenvalue weighted by Gasteiger charge is -2.17. The number of carbonyl (C=O) groups excluding carboxylic acids is 2. The van der Waals surface area contributed by atoms with Crippen LogP contribution in [0.2, 0.25) is 0 Å². The second kappa shape index (κ2) is 10.9. The number of aromatic nitrogens is 1. The van der Waals surface area contributed by atoms with Gasteiger partial charge in [0.1, 0.15) is 18.2 Å². The molecule has 0 aliphatic carbocycles. The van der Waals surface area contributed by atoms with Gasteiger partial charge in [0.2, 0.25) is 0 Å². The molecule has 1 fully saturated rings. The summed E-state index contributed by atoms with van der Waals surface area (Å²) in [5.41, 5.74) is 4.49. The molecule has 2 heterocycles. The predicted molar refractivity (Wildman–Crippen MR) is 151 cm³/mol. The van der Waals surface area contributed by atoms with Crippen LogP contribution in [0.3, 0.4) is 0 Å². The molecule has 0 saturated carbocycles. The zero-order valence-electron chi connectivity index (χ0n) is 21.6. The lowest BCUT2D eigenvalue weighted by molar-refractivity contribution is -0.123. The molecule has 5 nitrogen and oxygen atoms in total. The van der Waals surface area contributed by atoms with Crippen molar-refractivity contribution in [3.8, 4) is 5.75 Å². The number of thioether (sulfide) groups is 1. The van der Waals surface area contributed by atoms with Crippen molar-refractivity contribution < 1.29 is 18.7 Å². The lowest BCUT2D eigenvalue weighted by Crippen LogP contribution is -2.32. The van der Waals surface area contributed by atoms with Gasteiger partial charge in [-0.05, 0) is 60.0 Å². The second-order valence-corrected chi connectivity index (χ2v) is 10.7. The first-order chi connectivity index (χ1) is 18.3. The van der Waals surface area contributed by atoms with Crippen molar-refractivity contribution in [1.29, 1.82) is 0 Å². The number of fused-ring (bicyclic) bond motifs is 1. The Balaban J connectivity index is 1.34. The largest absolute Gasteiger partial charge is 0.491 e. The summed E-state index contributed by atoms with van der Waals surface area (Å²) in [4.78, 5) is 27.5. The van der Waals surface area contributed by atoms with E-state index in [9.17, 15) is 14.0 Å². The molecule has 1 aromatic heterocycles. The normalized spacial score (nSPS) is 14.9. The highest BCUT2D eigenvalue weighted by Crippen LogP contribution is 2.34. The van der Waals surface area contributed by atoms with E-state index in [1.807, 2.05) is 54.1 Å². The van der Waals surface area contributed by atoms with Crippen molar-refractivity contribution in [3.63, 3.8) is 0 Å². The number of para-hydroxylation sites is 1. The number of carbonyl (C=O) groups is 2. The first-order valence-electron chi connectivity index (χ1n) is 12.6. The van der Waals surface area contributed by atoms with E-state index < -0.39 is 0 Å². The average molecular weight is 529 g/mol. The molecule has 5 rings (SSSR count). The van der Waals surface area contributed by atoms with Gasteiger partial charge in [0, 0.05) is 28.2 Å². The van der Waals surface area contributed by atoms with E-state index in [0.29, 0.717) is 22.9 Å². The van der Waals surface area contributed by atoms with Crippen molar-refractivity contribution in [3.05, 3.63) is 106 Å². The molecule has 0 N–H and O–H groups in total. The number of amides is 2. The predicted octanol–water partition coefficient (Wildman–Crippen LogP) is 7.38. The summed E-state index contributed by atoms with van der Waals surface area (Å²) in [6.07, 6.45) is 3.66. The van der Waals surface area contributed by atoms with Crippen LogP contribution in [0.15, 0.2) is 77.8 Å². The molecule has 194 valence electrons. The van der Waals surface area contributed by atoms with Gasteiger partial charge in [0.15, 0.2) is 0 Å². The topological polar surface area (TPSA) is 51.5 Å². The Morgan fingerprint density at radius 3 is 2.58 bits per heavy atom. The Morgan fingerprint density at radius 2 is 1.79 bits per heavy atom. The molecular weight excluding hydrogens is 499 g/mol. The summed E-state index contributed by atoms with van der Waals surface area (Å²) in [6, 6.07) is 20.6. The maximum absolute atomic E-state index is 14.3. The Kier molecular flexibility index (Phi) is 7.38.